The largest absolute Gasteiger partial charge is 0.381 e. The molecule has 2 unspecified atom stereocenters. The van der Waals surface area contributed by atoms with Crippen molar-refractivity contribution in [1.82, 2.24) is 15.1 Å². The monoisotopic (exact) mass is 521 g/mol. The van der Waals surface area contributed by atoms with E-state index in [0.717, 1.165) is 11.1 Å². The zero-order valence-electron chi connectivity index (χ0n) is 20.6. The van der Waals surface area contributed by atoms with E-state index >= 15 is 0 Å². The number of carbonyl (C=O) groups is 3. The van der Waals surface area contributed by atoms with Gasteiger partial charge in [-0.3, -0.25) is 19.1 Å². The van der Waals surface area contributed by atoms with Crippen LogP contribution in [0.25, 0.3) is 0 Å². The van der Waals surface area contributed by atoms with E-state index in [2.05, 4.69) is 21.0 Å². The van der Waals surface area contributed by atoms with Gasteiger partial charge in [0, 0.05) is 48.8 Å². The van der Waals surface area contributed by atoms with Crippen molar-refractivity contribution in [2.75, 3.05) is 23.8 Å². The lowest BCUT2D eigenvalue weighted by atomic mass is 9.75. The number of hydrogen-bond donors (Lipinski definition) is 3. The second-order valence-corrected chi connectivity index (χ2v) is 9.91. The van der Waals surface area contributed by atoms with E-state index in [4.69, 9.17) is 16.3 Å². The van der Waals surface area contributed by atoms with Gasteiger partial charge < -0.3 is 20.7 Å². The Hall–Kier alpha value is -3.69. The third kappa shape index (κ3) is 4.60. The Morgan fingerprint density at radius 3 is 2.62 bits per heavy atom. The predicted octanol–water partition coefficient (Wildman–Crippen LogP) is 3.61. The third-order valence-corrected chi connectivity index (χ3v) is 7.69. The molecule has 1 saturated heterocycles. The molecule has 3 N–H and O–H groups in total. The molecule has 3 heterocycles. The fourth-order valence-corrected chi connectivity index (χ4v) is 5.50. The Balaban J connectivity index is 1.41. The number of aryl methyl sites for hydroxylation is 1. The summed E-state index contributed by atoms with van der Waals surface area (Å²) in [5.74, 6) is -1.32. The Morgan fingerprint density at radius 1 is 1.16 bits per heavy atom. The highest BCUT2D eigenvalue weighted by Crippen LogP contribution is 2.45. The number of halogens is 1. The van der Waals surface area contributed by atoms with Gasteiger partial charge in [0.15, 0.2) is 0 Å². The van der Waals surface area contributed by atoms with Crippen LogP contribution in [0.3, 0.4) is 0 Å². The van der Waals surface area contributed by atoms with E-state index in [1.807, 2.05) is 31.2 Å². The molecule has 1 aromatic heterocycles. The number of carbonyl (C=O) groups excluding carboxylic acids is 3. The van der Waals surface area contributed by atoms with E-state index < -0.39 is 29.2 Å². The quantitative estimate of drug-likeness (QED) is 0.458. The number of nitrogens with one attached hydrogen (secondary N) is 3. The molecule has 0 radical (unpaired) electrons. The van der Waals surface area contributed by atoms with E-state index in [1.165, 1.54) is 10.9 Å². The minimum Gasteiger partial charge on any atom is -0.381 e. The number of benzene rings is 2. The summed E-state index contributed by atoms with van der Waals surface area (Å²) in [6.07, 6.45) is 2.76. The van der Waals surface area contributed by atoms with Crippen molar-refractivity contribution in [2.45, 2.75) is 37.1 Å². The number of fused-ring (bicyclic) bond motifs is 2. The Morgan fingerprint density at radius 2 is 1.92 bits per heavy atom. The van der Waals surface area contributed by atoms with Crippen molar-refractivity contribution < 1.29 is 19.1 Å². The maximum atomic E-state index is 13.6. The topological polar surface area (TPSA) is 114 Å². The van der Waals surface area contributed by atoms with Gasteiger partial charge >= 0.3 is 0 Å². The summed E-state index contributed by atoms with van der Waals surface area (Å²) in [4.78, 5) is 39.5. The highest BCUT2D eigenvalue weighted by atomic mass is 35.5. The Bertz CT molecular complexity index is 1360. The molecule has 1 spiro atoms. The summed E-state index contributed by atoms with van der Waals surface area (Å²) >= 11 is 6.43. The molecule has 9 nitrogen and oxygen atoms in total. The number of anilines is 2. The molecule has 2 atom stereocenters. The minimum absolute atomic E-state index is 0.0389. The number of ether oxygens (including phenoxy) is 1. The summed E-state index contributed by atoms with van der Waals surface area (Å²) < 4.78 is 6.91. The van der Waals surface area contributed by atoms with Gasteiger partial charge in [-0.05, 0) is 48.2 Å². The fraction of sp³-hybridized carbons (Fsp3) is 0.333. The van der Waals surface area contributed by atoms with Crippen molar-refractivity contribution in [3.05, 3.63) is 76.6 Å². The standard InChI is InChI=1S/C27H28ClN5O4/c1-16(18-5-3-4-6-20(18)28)23(32-24(34)22-9-12-29-33(22)2)25(35)30-17-7-8-19-21(15-17)31-26(36)27(19)10-13-37-14-11-27/h3-9,12,15-16,23H,10-11,13-14H2,1-2H3,(H,30,35)(H,31,36)(H,32,34). The van der Waals surface area contributed by atoms with Gasteiger partial charge in [0.25, 0.3) is 5.91 Å². The molecule has 5 rings (SSSR count). The predicted molar refractivity (Wildman–Crippen MR) is 140 cm³/mol. The van der Waals surface area contributed by atoms with Gasteiger partial charge in [-0.25, -0.2) is 0 Å². The van der Waals surface area contributed by atoms with Gasteiger partial charge in [-0.15, -0.1) is 0 Å². The van der Waals surface area contributed by atoms with Crippen molar-refractivity contribution >= 4 is 40.7 Å². The highest BCUT2D eigenvalue weighted by Gasteiger charge is 2.47. The van der Waals surface area contributed by atoms with E-state index in [9.17, 15) is 14.4 Å². The summed E-state index contributed by atoms with van der Waals surface area (Å²) in [7, 11) is 1.66. The first kappa shape index (κ1) is 25.0. The molecule has 3 amide bonds. The average molecular weight is 522 g/mol. The zero-order chi connectivity index (χ0) is 26.2. The smallest absolute Gasteiger partial charge is 0.270 e. The van der Waals surface area contributed by atoms with Crippen LogP contribution in [0.15, 0.2) is 54.7 Å². The number of nitrogens with zero attached hydrogens (tertiary/aromatic N) is 2. The summed E-state index contributed by atoms with van der Waals surface area (Å²) in [6.45, 7) is 2.90. The van der Waals surface area contributed by atoms with E-state index in [1.54, 1.807) is 31.3 Å². The van der Waals surface area contributed by atoms with Gasteiger partial charge in [-0.1, -0.05) is 42.8 Å². The lowest BCUT2D eigenvalue weighted by molar-refractivity contribution is -0.124. The summed E-state index contributed by atoms with van der Waals surface area (Å²) in [6, 6.07) is 13.3. The van der Waals surface area contributed by atoms with Crippen LogP contribution in [0, 0.1) is 0 Å². The van der Waals surface area contributed by atoms with Crippen molar-refractivity contribution in [3.63, 3.8) is 0 Å². The van der Waals surface area contributed by atoms with Crippen LogP contribution in [0.5, 0.6) is 0 Å². The minimum atomic E-state index is -0.938. The Kier molecular flexibility index (Phi) is 6.74. The molecule has 2 aromatic carbocycles. The molecule has 2 aliphatic heterocycles. The third-order valence-electron chi connectivity index (χ3n) is 7.35. The normalized spacial score (nSPS) is 17.5. The highest BCUT2D eigenvalue weighted by molar-refractivity contribution is 6.31. The molecular weight excluding hydrogens is 494 g/mol. The van der Waals surface area contributed by atoms with Gasteiger partial charge in [-0.2, -0.15) is 5.10 Å². The van der Waals surface area contributed by atoms with Crippen LogP contribution in [0.4, 0.5) is 11.4 Å². The molecule has 1 fully saturated rings. The maximum Gasteiger partial charge on any atom is 0.270 e. The second-order valence-electron chi connectivity index (χ2n) is 9.50. The summed E-state index contributed by atoms with van der Waals surface area (Å²) in [5, 5.41) is 13.3. The summed E-state index contributed by atoms with van der Waals surface area (Å²) in [5.41, 5.74) is 2.58. The first-order valence-corrected chi connectivity index (χ1v) is 12.6. The molecule has 2 aliphatic rings. The van der Waals surface area contributed by atoms with Crippen LogP contribution < -0.4 is 16.0 Å². The molecule has 10 heteroatoms. The van der Waals surface area contributed by atoms with Crippen molar-refractivity contribution in [1.29, 1.82) is 0 Å². The molecule has 192 valence electrons. The average Bonchev–Trinajstić information content (AvgIpc) is 3.43. The number of aromatic nitrogens is 2. The molecule has 3 aromatic rings. The second kappa shape index (κ2) is 9.99. The number of hydrogen-bond acceptors (Lipinski definition) is 5. The van der Waals surface area contributed by atoms with Crippen molar-refractivity contribution in [3.8, 4) is 0 Å². The lowest BCUT2D eigenvalue weighted by Crippen LogP contribution is -2.47. The first-order valence-electron chi connectivity index (χ1n) is 12.2. The van der Waals surface area contributed by atoms with Gasteiger partial charge in [0.2, 0.25) is 11.8 Å². The Labute approximate surface area is 219 Å². The molecule has 0 bridgehead atoms. The molecule has 0 saturated carbocycles. The van der Waals surface area contributed by atoms with Gasteiger partial charge in [0.05, 0.1) is 5.41 Å². The number of rotatable bonds is 6. The lowest BCUT2D eigenvalue weighted by Gasteiger charge is -2.31. The number of amides is 3. The zero-order valence-corrected chi connectivity index (χ0v) is 21.3. The van der Waals surface area contributed by atoms with Crippen LogP contribution >= 0.6 is 11.6 Å². The van der Waals surface area contributed by atoms with Crippen molar-refractivity contribution in [2.24, 2.45) is 7.05 Å². The van der Waals surface area contributed by atoms with Crippen LogP contribution in [0.2, 0.25) is 5.02 Å². The maximum absolute atomic E-state index is 13.6. The van der Waals surface area contributed by atoms with Gasteiger partial charge in [0.1, 0.15) is 11.7 Å². The van der Waals surface area contributed by atoms with E-state index in [-0.39, 0.29) is 5.91 Å². The molecular formula is C27H28ClN5O4. The molecule has 0 aliphatic carbocycles. The van der Waals surface area contributed by atoms with Crippen LogP contribution in [-0.4, -0.2) is 46.8 Å². The SMILES string of the molecule is CC(c1ccccc1Cl)C(NC(=O)c1ccnn1C)C(=O)Nc1ccc2c(c1)NC(=O)C21CCOCC1. The van der Waals surface area contributed by atoms with Crippen LogP contribution in [0.1, 0.15) is 47.3 Å². The molecule has 37 heavy (non-hydrogen) atoms. The fourth-order valence-electron chi connectivity index (χ4n) is 5.20. The van der Waals surface area contributed by atoms with Crippen LogP contribution in [-0.2, 0) is 26.8 Å². The van der Waals surface area contributed by atoms with E-state index in [0.29, 0.717) is 48.1 Å². The first-order chi connectivity index (χ1) is 17.8.